The summed E-state index contributed by atoms with van der Waals surface area (Å²) in [5.74, 6) is 0. The fourth-order valence-electron chi connectivity index (χ4n) is 1.44. The SMILES string of the molecule is O=C(O)N[C@H]1CCCC[C@@H]1O. The van der Waals surface area contributed by atoms with E-state index in [0.717, 1.165) is 19.3 Å². The van der Waals surface area contributed by atoms with Gasteiger partial charge in [-0.1, -0.05) is 12.8 Å². The Balaban J connectivity index is 2.35. The van der Waals surface area contributed by atoms with E-state index in [1.165, 1.54) is 0 Å². The van der Waals surface area contributed by atoms with Crippen LogP contribution in [0.3, 0.4) is 0 Å². The number of hydrogen-bond donors (Lipinski definition) is 3. The average Bonchev–Trinajstić information content (AvgIpc) is 1.93. The van der Waals surface area contributed by atoms with E-state index in [9.17, 15) is 9.90 Å². The van der Waals surface area contributed by atoms with Crippen LogP contribution in [-0.4, -0.2) is 28.5 Å². The van der Waals surface area contributed by atoms with Crippen LogP contribution in [-0.2, 0) is 0 Å². The zero-order chi connectivity index (χ0) is 8.27. The summed E-state index contributed by atoms with van der Waals surface area (Å²) in [6.07, 6.45) is 1.94. The molecule has 1 rings (SSSR count). The van der Waals surface area contributed by atoms with Crippen molar-refractivity contribution in [2.45, 2.75) is 37.8 Å². The third-order valence-electron chi connectivity index (χ3n) is 2.04. The number of hydrogen-bond acceptors (Lipinski definition) is 2. The molecule has 4 heteroatoms. The Labute approximate surface area is 65.2 Å². The third kappa shape index (κ3) is 2.38. The molecule has 11 heavy (non-hydrogen) atoms. The molecule has 0 heterocycles. The van der Waals surface area contributed by atoms with Crippen LogP contribution in [0.25, 0.3) is 0 Å². The molecule has 0 aromatic rings. The van der Waals surface area contributed by atoms with E-state index in [4.69, 9.17) is 5.11 Å². The van der Waals surface area contributed by atoms with Gasteiger partial charge >= 0.3 is 6.09 Å². The lowest BCUT2D eigenvalue weighted by atomic mass is 9.93. The topological polar surface area (TPSA) is 69.6 Å². The van der Waals surface area contributed by atoms with Gasteiger partial charge in [-0.3, -0.25) is 0 Å². The van der Waals surface area contributed by atoms with Crippen LogP contribution in [0.2, 0.25) is 0 Å². The molecule has 3 N–H and O–H groups in total. The summed E-state index contributed by atoms with van der Waals surface area (Å²) in [5, 5.41) is 20.0. The summed E-state index contributed by atoms with van der Waals surface area (Å²) in [7, 11) is 0. The molecule has 0 aliphatic heterocycles. The van der Waals surface area contributed by atoms with Crippen molar-refractivity contribution in [1.29, 1.82) is 0 Å². The monoisotopic (exact) mass is 159 g/mol. The number of aliphatic hydroxyl groups excluding tert-OH is 1. The lowest BCUT2D eigenvalue weighted by molar-refractivity contribution is 0.0881. The van der Waals surface area contributed by atoms with Crippen molar-refractivity contribution in [2.75, 3.05) is 0 Å². The molecule has 0 bridgehead atoms. The Morgan fingerprint density at radius 1 is 1.36 bits per heavy atom. The first-order valence-electron chi connectivity index (χ1n) is 3.87. The molecular weight excluding hydrogens is 146 g/mol. The minimum atomic E-state index is -1.05. The van der Waals surface area contributed by atoms with Gasteiger partial charge in [0.25, 0.3) is 0 Å². The van der Waals surface area contributed by atoms with Crippen LogP contribution < -0.4 is 5.32 Å². The summed E-state index contributed by atoms with van der Waals surface area (Å²) in [6.45, 7) is 0. The predicted molar refractivity (Wildman–Crippen MR) is 39.4 cm³/mol. The van der Waals surface area contributed by atoms with Gasteiger partial charge in [-0.2, -0.15) is 0 Å². The smallest absolute Gasteiger partial charge is 0.404 e. The number of carbonyl (C=O) groups is 1. The Kier molecular flexibility index (Phi) is 2.70. The second-order valence-electron chi connectivity index (χ2n) is 2.91. The van der Waals surface area contributed by atoms with Crippen LogP contribution >= 0.6 is 0 Å². The molecule has 1 amide bonds. The molecule has 4 nitrogen and oxygen atoms in total. The highest BCUT2D eigenvalue weighted by molar-refractivity contribution is 5.64. The van der Waals surface area contributed by atoms with Gasteiger partial charge in [0.05, 0.1) is 12.1 Å². The van der Waals surface area contributed by atoms with E-state index >= 15 is 0 Å². The van der Waals surface area contributed by atoms with Crippen molar-refractivity contribution < 1.29 is 15.0 Å². The second kappa shape index (κ2) is 3.57. The van der Waals surface area contributed by atoms with Crippen LogP contribution in [0.15, 0.2) is 0 Å². The maximum atomic E-state index is 10.2. The normalized spacial score (nSPS) is 31.4. The Morgan fingerprint density at radius 2 is 2.00 bits per heavy atom. The van der Waals surface area contributed by atoms with Crippen LogP contribution in [0, 0.1) is 0 Å². The number of aliphatic hydroxyl groups is 1. The zero-order valence-electron chi connectivity index (χ0n) is 6.29. The first kappa shape index (κ1) is 8.33. The molecule has 64 valence electrons. The highest BCUT2D eigenvalue weighted by atomic mass is 16.4. The van der Waals surface area contributed by atoms with Crippen molar-refractivity contribution in [1.82, 2.24) is 5.32 Å². The van der Waals surface area contributed by atoms with Gasteiger partial charge < -0.3 is 15.5 Å². The van der Waals surface area contributed by atoms with E-state index in [1.807, 2.05) is 0 Å². The van der Waals surface area contributed by atoms with Gasteiger partial charge in [-0.25, -0.2) is 4.79 Å². The molecular formula is C7H13NO3. The minimum absolute atomic E-state index is 0.249. The van der Waals surface area contributed by atoms with Gasteiger partial charge in [0, 0.05) is 0 Å². The lowest BCUT2D eigenvalue weighted by Gasteiger charge is -2.26. The minimum Gasteiger partial charge on any atom is -0.465 e. The molecule has 2 atom stereocenters. The fraction of sp³-hybridized carbons (Fsp3) is 0.857. The number of nitrogens with one attached hydrogen (secondary N) is 1. The molecule has 0 unspecified atom stereocenters. The Bertz CT molecular complexity index is 149. The molecule has 1 saturated carbocycles. The molecule has 0 saturated heterocycles. The largest absolute Gasteiger partial charge is 0.465 e. The number of carboxylic acid groups (broad SMARTS) is 1. The Hall–Kier alpha value is -0.770. The van der Waals surface area contributed by atoms with E-state index in [0.29, 0.717) is 6.42 Å². The maximum Gasteiger partial charge on any atom is 0.404 e. The van der Waals surface area contributed by atoms with Gasteiger partial charge in [-0.05, 0) is 12.8 Å². The van der Waals surface area contributed by atoms with Crippen LogP contribution in [0.4, 0.5) is 4.79 Å². The first-order chi connectivity index (χ1) is 5.20. The molecule has 1 aliphatic carbocycles. The van der Waals surface area contributed by atoms with E-state index < -0.39 is 12.2 Å². The number of rotatable bonds is 1. The molecule has 0 aromatic heterocycles. The van der Waals surface area contributed by atoms with Crippen LogP contribution in [0.1, 0.15) is 25.7 Å². The maximum absolute atomic E-state index is 10.2. The Morgan fingerprint density at radius 3 is 2.55 bits per heavy atom. The van der Waals surface area contributed by atoms with Crippen molar-refractivity contribution in [3.63, 3.8) is 0 Å². The summed E-state index contributed by atoms with van der Waals surface area (Å²) in [6, 6.07) is -0.249. The van der Waals surface area contributed by atoms with E-state index in [-0.39, 0.29) is 6.04 Å². The molecule has 0 radical (unpaired) electrons. The predicted octanol–water partition coefficient (Wildman–Crippen LogP) is 0.557. The summed E-state index contributed by atoms with van der Waals surface area (Å²) in [5.41, 5.74) is 0. The summed E-state index contributed by atoms with van der Waals surface area (Å²) < 4.78 is 0. The highest BCUT2D eigenvalue weighted by Crippen LogP contribution is 2.17. The average molecular weight is 159 g/mol. The quantitative estimate of drug-likeness (QED) is 0.523. The second-order valence-corrected chi connectivity index (χ2v) is 2.91. The summed E-state index contributed by atoms with van der Waals surface area (Å²) >= 11 is 0. The van der Waals surface area contributed by atoms with E-state index in [1.54, 1.807) is 0 Å². The standard InChI is InChI=1S/C7H13NO3/c9-6-4-2-1-3-5(6)8-7(10)11/h5-6,8-9H,1-4H2,(H,10,11)/t5-,6-/m0/s1. The highest BCUT2D eigenvalue weighted by Gasteiger charge is 2.23. The molecule has 0 aromatic carbocycles. The molecule has 1 aliphatic rings. The van der Waals surface area contributed by atoms with Crippen molar-refractivity contribution >= 4 is 6.09 Å². The van der Waals surface area contributed by atoms with Gasteiger partial charge in [0.2, 0.25) is 0 Å². The third-order valence-corrected chi connectivity index (χ3v) is 2.04. The van der Waals surface area contributed by atoms with Crippen molar-refractivity contribution in [3.8, 4) is 0 Å². The van der Waals surface area contributed by atoms with Gasteiger partial charge in [0.15, 0.2) is 0 Å². The van der Waals surface area contributed by atoms with Crippen molar-refractivity contribution in [3.05, 3.63) is 0 Å². The van der Waals surface area contributed by atoms with Gasteiger partial charge in [0.1, 0.15) is 0 Å². The van der Waals surface area contributed by atoms with Crippen molar-refractivity contribution in [2.24, 2.45) is 0 Å². The molecule has 1 fully saturated rings. The first-order valence-corrected chi connectivity index (χ1v) is 3.87. The fourth-order valence-corrected chi connectivity index (χ4v) is 1.44. The number of amides is 1. The lowest BCUT2D eigenvalue weighted by Crippen LogP contribution is -2.44. The van der Waals surface area contributed by atoms with E-state index in [2.05, 4.69) is 5.32 Å². The summed E-state index contributed by atoms with van der Waals surface area (Å²) in [4.78, 5) is 10.2. The molecule has 0 spiro atoms. The van der Waals surface area contributed by atoms with Gasteiger partial charge in [-0.15, -0.1) is 0 Å². The van der Waals surface area contributed by atoms with Crippen LogP contribution in [0.5, 0.6) is 0 Å². The zero-order valence-corrected chi connectivity index (χ0v) is 6.29.